The van der Waals surface area contributed by atoms with Crippen LogP contribution in [0.2, 0.25) is 0 Å². The first-order valence-electron chi connectivity index (χ1n) is 7.05. The lowest BCUT2D eigenvalue weighted by Gasteiger charge is -2.22. The third-order valence-corrected chi connectivity index (χ3v) is 3.58. The predicted octanol–water partition coefficient (Wildman–Crippen LogP) is 2.55. The molecule has 4 nitrogen and oxygen atoms in total. The predicted molar refractivity (Wildman–Crippen MR) is 77.3 cm³/mol. The van der Waals surface area contributed by atoms with Crippen LogP contribution in [0.25, 0.3) is 0 Å². The molecule has 1 aromatic carbocycles. The molecule has 1 saturated carbocycles. The Balaban J connectivity index is 2.04. The smallest absolute Gasteiger partial charge is 0.170 e. The average molecular weight is 261 g/mol. The van der Waals surface area contributed by atoms with Crippen LogP contribution in [0.3, 0.4) is 0 Å². The van der Waals surface area contributed by atoms with Crippen molar-refractivity contribution >= 4 is 5.84 Å². The summed E-state index contributed by atoms with van der Waals surface area (Å²) in [5.74, 6) is 0.174. The van der Waals surface area contributed by atoms with E-state index in [1.807, 2.05) is 18.2 Å². The molecule has 0 amide bonds. The molecule has 0 saturated heterocycles. The first-order chi connectivity index (χ1) is 9.24. The molecule has 3 N–H and O–H groups in total. The van der Waals surface area contributed by atoms with Crippen molar-refractivity contribution in [2.45, 2.75) is 45.2 Å². The monoisotopic (exact) mass is 261 g/mol. The van der Waals surface area contributed by atoms with Crippen molar-refractivity contribution in [3.63, 3.8) is 0 Å². The maximum Gasteiger partial charge on any atom is 0.170 e. The number of rotatable bonds is 7. The molecule has 2 rings (SSSR count). The Bertz CT molecular complexity index is 441. The summed E-state index contributed by atoms with van der Waals surface area (Å²) in [4.78, 5) is 2.55. The van der Waals surface area contributed by atoms with Gasteiger partial charge in [-0.15, -0.1) is 0 Å². The van der Waals surface area contributed by atoms with Crippen molar-refractivity contribution in [3.05, 3.63) is 35.4 Å². The van der Waals surface area contributed by atoms with Crippen molar-refractivity contribution in [1.29, 1.82) is 0 Å². The van der Waals surface area contributed by atoms with Crippen molar-refractivity contribution in [3.8, 4) is 0 Å². The largest absolute Gasteiger partial charge is 0.409 e. The van der Waals surface area contributed by atoms with E-state index < -0.39 is 0 Å². The Labute approximate surface area is 114 Å². The minimum atomic E-state index is 0.174. The molecular weight excluding hydrogens is 238 g/mol. The third-order valence-electron chi connectivity index (χ3n) is 3.58. The van der Waals surface area contributed by atoms with Crippen LogP contribution in [-0.2, 0) is 6.54 Å². The molecule has 0 aromatic heterocycles. The van der Waals surface area contributed by atoms with E-state index in [9.17, 15) is 0 Å². The molecule has 0 unspecified atom stereocenters. The third kappa shape index (κ3) is 3.96. The molecule has 1 aliphatic rings. The van der Waals surface area contributed by atoms with Crippen LogP contribution >= 0.6 is 0 Å². The van der Waals surface area contributed by atoms with Gasteiger partial charge in [0.05, 0.1) is 0 Å². The van der Waals surface area contributed by atoms with Gasteiger partial charge in [0.15, 0.2) is 5.84 Å². The fourth-order valence-electron chi connectivity index (χ4n) is 2.31. The second kappa shape index (κ2) is 6.57. The fraction of sp³-hybridized carbons (Fsp3) is 0.533. The van der Waals surface area contributed by atoms with E-state index >= 15 is 0 Å². The van der Waals surface area contributed by atoms with Crippen LogP contribution < -0.4 is 5.73 Å². The molecule has 1 aliphatic carbocycles. The van der Waals surface area contributed by atoms with Gasteiger partial charge in [0, 0.05) is 18.2 Å². The maximum atomic E-state index is 8.73. The average Bonchev–Trinajstić information content (AvgIpc) is 3.27. The summed E-state index contributed by atoms with van der Waals surface area (Å²) in [6.45, 7) is 4.34. The van der Waals surface area contributed by atoms with Crippen molar-refractivity contribution < 1.29 is 5.21 Å². The first-order valence-corrected chi connectivity index (χ1v) is 7.05. The standard InChI is InChI=1S/C15H23N3O/c1-2-3-9-18(14-7-8-14)11-12-5-4-6-13(10-12)15(16)17-19/h4-6,10,14,19H,2-3,7-9,11H2,1H3,(H2,16,17). The highest BCUT2D eigenvalue weighted by Gasteiger charge is 2.28. The van der Waals surface area contributed by atoms with Gasteiger partial charge in [0.25, 0.3) is 0 Å². The van der Waals surface area contributed by atoms with E-state index in [2.05, 4.69) is 23.0 Å². The molecular formula is C15H23N3O. The van der Waals surface area contributed by atoms with Crippen LogP contribution in [0.5, 0.6) is 0 Å². The lowest BCUT2D eigenvalue weighted by atomic mass is 10.1. The van der Waals surface area contributed by atoms with E-state index in [1.165, 1.54) is 31.2 Å². The maximum absolute atomic E-state index is 8.73. The zero-order valence-electron chi connectivity index (χ0n) is 11.5. The minimum Gasteiger partial charge on any atom is -0.409 e. The number of nitrogens with zero attached hydrogens (tertiary/aromatic N) is 2. The summed E-state index contributed by atoms with van der Waals surface area (Å²) in [6, 6.07) is 8.71. The molecule has 104 valence electrons. The molecule has 1 aromatic rings. The lowest BCUT2D eigenvalue weighted by molar-refractivity contribution is 0.250. The van der Waals surface area contributed by atoms with Gasteiger partial charge in [-0.3, -0.25) is 4.90 Å². The molecule has 0 aliphatic heterocycles. The summed E-state index contributed by atoms with van der Waals surface area (Å²) in [5, 5.41) is 11.8. The Morgan fingerprint density at radius 2 is 2.26 bits per heavy atom. The summed E-state index contributed by atoms with van der Waals surface area (Å²) in [6.07, 6.45) is 5.12. The highest BCUT2D eigenvalue weighted by molar-refractivity contribution is 5.97. The van der Waals surface area contributed by atoms with Gasteiger partial charge >= 0.3 is 0 Å². The van der Waals surface area contributed by atoms with Crippen molar-refractivity contribution in [2.75, 3.05) is 6.54 Å². The number of benzene rings is 1. The van der Waals surface area contributed by atoms with E-state index in [-0.39, 0.29) is 5.84 Å². The van der Waals surface area contributed by atoms with Gasteiger partial charge in [0.2, 0.25) is 0 Å². The Morgan fingerprint density at radius 1 is 1.47 bits per heavy atom. The van der Waals surface area contributed by atoms with Gasteiger partial charge in [-0.2, -0.15) is 0 Å². The van der Waals surface area contributed by atoms with Crippen molar-refractivity contribution in [2.24, 2.45) is 10.9 Å². The summed E-state index contributed by atoms with van der Waals surface area (Å²) in [7, 11) is 0. The minimum absolute atomic E-state index is 0.174. The number of oxime groups is 1. The second-order valence-electron chi connectivity index (χ2n) is 5.24. The normalized spacial score (nSPS) is 16.0. The topological polar surface area (TPSA) is 61.8 Å². The highest BCUT2D eigenvalue weighted by Crippen LogP contribution is 2.28. The SMILES string of the molecule is CCCCN(Cc1cccc(C(N)=NO)c1)C1CC1. The van der Waals surface area contributed by atoms with Gasteiger partial charge in [-0.1, -0.05) is 36.7 Å². The molecule has 0 atom stereocenters. The molecule has 0 heterocycles. The molecule has 0 radical (unpaired) electrons. The molecule has 0 spiro atoms. The van der Waals surface area contributed by atoms with E-state index in [0.29, 0.717) is 0 Å². The van der Waals surface area contributed by atoms with Crippen LogP contribution in [0, 0.1) is 0 Å². The Kier molecular flexibility index (Phi) is 4.80. The zero-order valence-corrected chi connectivity index (χ0v) is 11.5. The van der Waals surface area contributed by atoms with Crippen LogP contribution in [0.4, 0.5) is 0 Å². The van der Waals surface area contributed by atoms with E-state index in [4.69, 9.17) is 10.9 Å². The Morgan fingerprint density at radius 3 is 2.89 bits per heavy atom. The Hall–Kier alpha value is -1.55. The van der Waals surface area contributed by atoms with Gasteiger partial charge in [-0.05, 0) is 37.4 Å². The zero-order chi connectivity index (χ0) is 13.7. The quantitative estimate of drug-likeness (QED) is 0.343. The molecule has 0 bridgehead atoms. The fourth-order valence-corrected chi connectivity index (χ4v) is 2.31. The van der Waals surface area contributed by atoms with Crippen LogP contribution in [0.1, 0.15) is 43.7 Å². The summed E-state index contributed by atoms with van der Waals surface area (Å²) >= 11 is 0. The van der Waals surface area contributed by atoms with E-state index in [1.54, 1.807) is 0 Å². The highest BCUT2D eigenvalue weighted by atomic mass is 16.4. The van der Waals surface area contributed by atoms with Crippen molar-refractivity contribution in [1.82, 2.24) is 4.90 Å². The summed E-state index contributed by atoms with van der Waals surface area (Å²) < 4.78 is 0. The number of amidine groups is 1. The number of nitrogens with two attached hydrogens (primary N) is 1. The number of hydrogen-bond donors (Lipinski definition) is 2. The molecule has 1 fully saturated rings. The molecule has 4 heteroatoms. The first kappa shape index (κ1) is 13.9. The number of hydrogen-bond acceptors (Lipinski definition) is 3. The van der Waals surface area contributed by atoms with Crippen LogP contribution in [0.15, 0.2) is 29.4 Å². The summed E-state index contributed by atoms with van der Waals surface area (Å²) in [5.41, 5.74) is 7.65. The van der Waals surface area contributed by atoms with Gasteiger partial charge in [0.1, 0.15) is 0 Å². The molecule has 19 heavy (non-hydrogen) atoms. The van der Waals surface area contributed by atoms with Gasteiger partial charge < -0.3 is 10.9 Å². The number of unbranched alkanes of at least 4 members (excludes halogenated alkanes) is 1. The lowest BCUT2D eigenvalue weighted by Crippen LogP contribution is -2.26. The van der Waals surface area contributed by atoms with Crippen LogP contribution in [-0.4, -0.2) is 28.5 Å². The van der Waals surface area contributed by atoms with Gasteiger partial charge in [-0.25, -0.2) is 0 Å². The second-order valence-corrected chi connectivity index (χ2v) is 5.24. The van der Waals surface area contributed by atoms with E-state index in [0.717, 1.165) is 24.7 Å².